The molecule has 1 amide bonds. The summed E-state index contributed by atoms with van der Waals surface area (Å²) in [7, 11) is 0. The second-order valence-corrected chi connectivity index (χ2v) is 7.28. The highest BCUT2D eigenvalue weighted by Crippen LogP contribution is 2.33. The first-order valence-electron chi connectivity index (χ1n) is 8.84. The molecule has 0 unspecified atom stereocenters. The van der Waals surface area contributed by atoms with Crippen LogP contribution in [0.1, 0.15) is 32.0 Å². The van der Waals surface area contributed by atoms with Crippen molar-refractivity contribution in [2.24, 2.45) is 0 Å². The van der Waals surface area contributed by atoms with Crippen LogP contribution in [0.4, 0.5) is 5.69 Å². The quantitative estimate of drug-likeness (QED) is 0.379. The monoisotopic (exact) mass is 423 g/mol. The van der Waals surface area contributed by atoms with E-state index in [0.29, 0.717) is 33.5 Å². The molecule has 1 aromatic heterocycles. The van der Waals surface area contributed by atoms with E-state index in [0.717, 1.165) is 0 Å². The molecule has 0 saturated carbocycles. The number of halogens is 2. The van der Waals surface area contributed by atoms with Gasteiger partial charge in [0.05, 0.1) is 26.9 Å². The van der Waals surface area contributed by atoms with E-state index in [1.807, 2.05) is 18.2 Å². The number of furan rings is 1. The predicted octanol–water partition coefficient (Wildman–Crippen LogP) is 6.53. The Balaban J connectivity index is 1.76. The van der Waals surface area contributed by atoms with Gasteiger partial charge < -0.3 is 9.73 Å². The number of para-hydroxylation sites is 1. The third-order valence-corrected chi connectivity index (χ3v) is 5.22. The largest absolute Gasteiger partial charge is 0.458 e. The standard InChI is InChI=1S/C23H15Cl2NO3/c1-13-19(21(27)14-7-3-2-4-8-14)15-9-5-12-18(22(15)29-13)26-23(28)20-16(24)10-6-11-17(20)25/h2-12H,1H3,(H,26,28). The highest BCUT2D eigenvalue weighted by Gasteiger charge is 2.22. The Morgan fingerprint density at radius 3 is 2.17 bits per heavy atom. The van der Waals surface area contributed by atoms with Crippen LogP contribution in [0.15, 0.2) is 71.1 Å². The van der Waals surface area contributed by atoms with E-state index in [1.54, 1.807) is 55.5 Å². The first-order valence-corrected chi connectivity index (χ1v) is 9.60. The number of nitrogens with one attached hydrogen (secondary N) is 1. The van der Waals surface area contributed by atoms with Gasteiger partial charge in [0.25, 0.3) is 5.91 Å². The van der Waals surface area contributed by atoms with Crippen molar-refractivity contribution in [3.8, 4) is 0 Å². The molecule has 0 radical (unpaired) electrons. The summed E-state index contributed by atoms with van der Waals surface area (Å²) in [6, 6.07) is 19.1. The molecular weight excluding hydrogens is 409 g/mol. The molecule has 1 N–H and O–H groups in total. The Bertz CT molecular complexity index is 1230. The van der Waals surface area contributed by atoms with Gasteiger partial charge in [0.2, 0.25) is 0 Å². The van der Waals surface area contributed by atoms with Crippen LogP contribution in [0, 0.1) is 6.92 Å². The summed E-state index contributed by atoms with van der Waals surface area (Å²) in [5, 5.41) is 3.91. The number of carbonyl (C=O) groups excluding carboxylic acids is 2. The molecule has 0 aliphatic rings. The van der Waals surface area contributed by atoms with Gasteiger partial charge in [0.1, 0.15) is 5.76 Å². The van der Waals surface area contributed by atoms with Gasteiger partial charge in [-0.25, -0.2) is 0 Å². The van der Waals surface area contributed by atoms with Crippen LogP contribution < -0.4 is 5.32 Å². The molecule has 4 nitrogen and oxygen atoms in total. The van der Waals surface area contributed by atoms with E-state index in [-0.39, 0.29) is 21.4 Å². The number of anilines is 1. The van der Waals surface area contributed by atoms with Crippen LogP contribution in [0.2, 0.25) is 10.0 Å². The molecule has 144 valence electrons. The fourth-order valence-electron chi connectivity index (χ4n) is 3.25. The van der Waals surface area contributed by atoms with Crippen LogP contribution in [-0.4, -0.2) is 11.7 Å². The van der Waals surface area contributed by atoms with E-state index < -0.39 is 5.91 Å². The number of benzene rings is 3. The van der Waals surface area contributed by atoms with Gasteiger partial charge in [0, 0.05) is 10.9 Å². The summed E-state index contributed by atoms with van der Waals surface area (Å²) in [5.74, 6) is -0.121. The highest BCUT2D eigenvalue weighted by atomic mass is 35.5. The zero-order chi connectivity index (χ0) is 20.5. The average Bonchev–Trinajstić information content (AvgIpc) is 3.05. The van der Waals surface area contributed by atoms with Crippen molar-refractivity contribution < 1.29 is 14.0 Å². The average molecular weight is 424 g/mol. The first kappa shape index (κ1) is 19.2. The minimum atomic E-state index is -0.460. The number of carbonyl (C=O) groups is 2. The van der Waals surface area contributed by atoms with Gasteiger partial charge in [-0.15, -0.1) is 0 Å². The summed E-state index contributed by atoms with van der Waals surface area (Å²) in [5.41, 5.74) is 2.06. The smallest absolute Gasteiger partial charge is 0.258 e. The van der Waals surface area contributed by atoms with Gasteiger partial charge in [-0.05, 0) is 25.1 Å². The number of hydrogen-bond acceptors (Lipinski definition) is 3. The molecular formula is C23H15Cl2NO3. The lowest BCUT2D eigenvalue weighted by molar-refractivity contribution is 0.102. The van der Waals surface area contributed by atoms with Gasteiger partial charge in [-0.1, -0.05) is 71.7 Å². The summed E-state index contributed by atoms with van der Waals surface area (Å²) in [6.45, 7) is 1.73. The first-order chi connectivity index (χ1) is 14.0. The van der Waals surface area contributed by atoms with Gasteiger partial charge in [0.15, 0.2) is 11.4 Å². The maximum atomic E-state index is 13.0. The van der Waals surface area contributed by atoms with Gasteiger partial charge in [-0.2, -0.15) is 0 Å². The maximum absolute atomic E-state index is 13.0. The van der Waals surface area contributed by atoms with Crippen molar-refractivity contribution in [3.05, 3.63) is 99.2 Å². The molecule has 0 fully saturated rings. The maximum Gasteiger partial charge on any atom is 0.258 e. The third-order valence-electron chi connectivity index (χ3n) is 4.59. The fourth-order valence-corrected chi connectivity index (χ4v) is 3.82. The number of rotatable bonds is 4. The third kappa shape index (κ3) is 3.53. The summed E-state index contributed by atoms with van der Waals surface area (Å²) < 4.78 is 5.87. The highest BCUT2D eigenvalue weighted by molar-refractivity contribution is 6.40. The van der Waals surface area contributed by atoms with Gasteiger partial charge >= 0.3 is 0 Å². The molecule has 0 saturated heterocycles. The molecule has 0 aliphatic heterocycles. The molecule has 29 heavy (non-hydrogen) atoms. The van der Waals surface area contributed by atoms with Crippen molar-refractivity contribution in [1.82, 2.24) is 0 Å². The minimum absolute atomic E-state index is 0.139. The number of hydrogen-bond donors (Lipinski definition) is 1. The second-order valence-electron chi connectivity index (χ2n) is 6.46. The summed E-state index contributed by atoms with van der Waals surface area (Å²) in [4.78, 5) is 25.8. The Labute approximate surface area is 177 Å². The van der Waals surface area contributed by atoms with E-state index in [1.165, 1.54) is 0 Å². The molecule has 4 aromatic rings. The Hall–Kier alpha value is -3.08. The van der Waals surface area contributed by atoms with Crippen LogP contribution in [-0.2, 0) is 0 Å². The summed E-state index contributed by atoms with van der Waals surface area (Å²) >= 11 is 12.3. The van der Waals surface area contributed by atoms with Crippen molar-refractivity contribution >= 4 is 51.5 Å². The lowest BCUT2D eigenvalue weighted by Crippen LogP contribution is -2.13. The predicted molar refractivity (Wildman–Crippen MR) is 115 cm³/mol. The van der Waals surface area contributed by atoms with Crippen molar-refractivity contribution in [2.45, 2.75) is 6.92 Å². The summed E-state index contributed by atoms with van der Waals surface area (Å²) in [6.07, 6.45) is 0. The molecule has 1 heterocycles. The number of ketones is 1. The van der Waals surface area contributed by atoms with Crippen LogP contribution in [0.5, 0.6) is 0 Å². The number of aryl methyl sites for hydroxylation is 1. The van der Waals surface area contributed by atoms with Crippen LogP contribution in [0.25, 0.3) is 11.0 Å². The van der Waals surface area contributed by atoms with Crippen LogP contribution in [0.3, 0.4) is 0 Å². The zero-order valence-corrected chi connectivity index (χ0v) is 16.8. The van der Waals surface area contributed by atoms with Crippen molar-refractivity contribution in [3.63, 3.8) is 0 Å². The van der Waals surface area contributed by atoms with Crippen molar-refractivity contribution in [2.75, 3.05) is 5.32 Å². The lowest BCUT2D eigenvalue weighted by Gasteiger charge is -2.09. The molecule has 0 bridgehead atoms. The lowest BCUT2D eigenvalue weighted by atomic mass is 10.0. The molecule has 3 aromatic carbocycles. The number of amides is 1. The molecule has 0 atom stereocenters. The Morgan fingerprint density at radius 1 is 0.828 bits per heavy atom. The van der Waals surface area contributed by atoms with Crippen LogP contribution >= 0.6 is 23.2 Å². The SMILES string of the molecule is Cc1oc2c(NC(=O)c3c(Cl)cccc3Cl)cccc2c1C(=O)c1ccccc1. The van der Waals surface area contributed by atoms with E-state index in [2.05, 4.69) is 5.32 Å². The Kier molecular flexibility index (Phi) is 5.14. The second kappa shape index (κ2) is 7.74. The zero-order valence-electron chi connectivity index (χ0n) is 15.3. The molecule has 0 spiro atoms. The van der Waals surface area contributed by atoms with Crippen molar-refractivity contribution in [1.29, 1.82) is 0 Å². The Morgan fingerprint density at radius 2 is 1.48 bits per heavy atom. The van der Waals surface area contributed by atoms with Gasteiger partial charge in [-0.3, -0.25) is 9.59 Å². The molecule has 0 aliphatic carbocycles. The molecule has 6 heteroatoms. The minimum Gasteiger partial charge on any atom is -0.458 e. The topological polar surface area (TPSA) is 59.3 Å². The van der Waals surface area contributed by atoms with E-state index in [4.69, 9.17) is 27.6 Å². The normalized spacial score (nSPS) is 10.9. The molecule has 4 rings (SSSR count). The number of fused-ring (bicyclic) bond motifs is 1. The van der Waals surface area contributed by atoms with E-state index in [9.17, 15) is 9.59 Å². The fraction of sp³-hybridized carbons (Fsp3) is 0.0435. The van der Waals surface area contributed by atoms with E-state index >= 15 is 0 Å².